The van der Waals surface area contributed by atoms with Gasteiger partial charge in [0.1, 0.15) is 17.9 Å². The second-order valence-electron chi connectivity index (χ2n) is 6.46. The van der Waals surface area contributed by atoms with Crippen molar-refractivity contribution in [1.82, 2.24) is 5.43 Å². The van der Waals surface area contributed by atoms with Crippen LogP contribution in [0.3, 0.4) is 0 Å². The van der Waals surface area contributed by atoms with Gasteiger partial charge in [-0.25, -0.2) is 5.43 Å². The molecule has 0 saturated heterocycles. The third-order valence-corrected chi connectivity index (χ3v) is 5.39. The number of hydrazone groups is 1. The van der Waals surface area contributed by atoms with Crippen molar-refractivity contribution in [3.63, 3.8) is 0 Å². The van der Waals surface area contributed by atoms with Gasteiger partial charge in [0, 0.05) is 9.86 Å². The summed E-state index contributed by atoms with van der Waals surface area (Å²) in [4.78, 5) is 12.3. The minimum absolute atomic E-state index is 0.200. The van der Waals surface area contributed by atoms with Crippen molar-refractivity contribution >= 4 is 55.0 Å². The number of furan rings is 1. The van der Waals surface area contributed by atoms with Gasteiger partial charge < -0.3 is 9.15 Å². The average Bonchev–Trinajstić information content (AvgIpc) is 3.17. The van der Waals surface area contributed by atoms with Crippen LogP contribution in [-0.4, -0.2) is 12.1 Å². The summed E-state index contributed by atoms with van der Waals surface area (Å²) in [6, 6.07) is 22.8. The van der Waals surface area contributed by atoms with Gasteiger partial charge in [0.2, 0.25) is 0 Å². The van der Waals surface area contributed by atoms with E-state index in [1.54, 1.807) is 18.3 Å². The van der Waals surface area contributed by atoms with Gasteiger partial charge >= 0.3 is 5.91 Å². The van der Waals surface area contributed by atoms with Crippen LogP contribution in [0.15, 0.2) is 91.3 Å². The third-order valence-electron chi connectivity index (χ3n) is 4.27. The quantitative estimate of drug-likeness (QED) is 0.236. The Morgan fingerprint density at radius 1 is 1.03 bits per heavy atom. The summed E-state index contributed by atoms with van der Waals surface area (Å²) in [5.41, 5.74) is 5.02. The Balaban J connectivity index is 1.37. The number of fused-ring (bicyclic) bond motifs is 1. The van der Waals surface area contributed by atoms with E-state index in [9.17, 15) is 4.79 Å². The fraction of sp³-hybridized carbons (Fsp3) is 0.0435. The largest absolute Gasteiger partial charge is 0.488 e. The number of carbonyl (C=O) groups is 1. The number of rotatable bonds is 6. The summed E-state index contributed by atoms with van der Waals surface area (Å²) in [6.07, 6.45) is 1.56. The smallest absolute Gasteiger partial charge is 0.307 e. The van der Waals surface area contributed by atoms with Crippen LogP contribution >= 0.6 is 31.9 Å². The molecule has 3 aromatic carbocycles. The van der Waals surface area contributed by atoms with Crippen molar-refractivity contribution in [2.45, 2.75) is 6.61 Å². The Morgan fingerprint density at radius 3 is 2.67 bits per heavy atom. The number of nitrogens with one attached hydrogen (secondary N) is 1. The van der Waals surface area contributed by atoms with E-state index in [0.29, 0.717) is 12.2 Å². The van der Waals surface area contributed by atoms with Crippen LogP contribution in [0.5, 0.6) is 5.75 Å². The molecule has 0 unspecified atom stereocenters. The Hall–Kier alpha value is -2.90. The molecule has 0 fully saturated rings. The highest BCUT2D eigenvalue weighted by Gasteiger charge is 2.11. The molecule has 1 amide bonds. The van der Waals surface area contributed by atoms with Crippen LogP contribution in [0.25, 0.3) is 11.0 Å². The van der Waals surface area contributed by atoms with Crippen molar-refractivity contribution in [2.24, 2.45) is 5.10 Å². The molecule has 0 atom stereocenters. The summed E-state index contributed by atoms with van der Waals surface area (Å²) in [5.74, 6) is 0.514. The predicted octanol–water partition coefficient (Wildman–Crippen LogP) is 6.30. The molecule has 4 rings (SSSR count). The Labute approximate surface area is 190 Å². The topological polar surface area (TPSA) is 63.8 Å². The lowest BCUT2D eigenvalue weighted by atomic mass is 10.2. The third kappa shape index (κ3) is 4.98. The normalized spacial score (nSPS) is 11.1. The second kappa shape index (κ2) is 9.28. The maximum Gasteiger partial charge on any atom is 0.307 e. The monoisotopic (exact) mass is 526 g/mol. The summed E-state index contributed by atoms with van der Waals surface area (Å²) in [7, 11) is 0. The molecule has 0 aliphatic carbocycles. The number of ether oxygens (including phenoxy) is 1. The van der Waals surface area contributed by atoms with Crippen LogP contribution < -0.4 is 10.2 Å². The lowest BCUT2D eigenvalue weighted by Gasteiger charge is -2.08. The minimum atomic E-state index is -0.416. The number of carbonyl (C=O) groups excluding carboxylic acids is 1. The molecule has 0 saturated carbocycles. The number of hydrogen-bond donors (Lipinski definition) is 1. The van der Waals surface area contributed by atoms with Crippen LogP contribution in [0, 0.1) is 0 Å². The van der Waals surface area contributed by atoms with E-state index >= 15 is 0 Å². The van der Waals surface area contributed by atoms with E-state index in [4.69, 9.17) is 9.15 Å². The summed E-state index contributed by atoms with van der Waals surface area (Å²) in [6.45, 7) is 0.483. The number of halogens is 2. The van der Waals surface area contributed by atoms with Crippen LogP contribution in [0.2, 0.25) is 0 Å². The molecule has 7 heteroatoms. The van der Waals surface area contributed by atoms with Gasteiger partial charge in [-0.3, -0.25) is 4.79 Å². The van der Waals surface area contributed by atoms with Gasteiger partial charge in [-0.2, -0.15) is 5.10 Å². The molecule has 0 aliphatic rings. The molecule has 1 N–H and O–H groups in total. The molecular weight excluding hydrogens is 512 g/mol. The predicted molar refractivity (Wildman–Crippen MR) is 124 cm³/mol. The summed E-state index contributed by atoms with van der Waals surface area (Å²) < 4.78 is 13.1. The number of amides is 1. The Bertz CT molecular complexity index is 1220. The van der Waals surface area contributed by atoms with Gasteiger partial charge in [-0.05, 0) is 69.5 Å². The van der Waals surface area contributed by atoms with Crippen molar-refractivity contribution in [2.75, 3.05) is 0 Å². The number of benzene rings is 3. The summed E-state index contributed by atoms with van der Waals surface area (Å²) in [5, 5.41) is 4.86. The van der Waals surface area contributed by atoms with Crippen LogP contribution in [0.1, 0.15) is 21.7 Å². The highest BCUT2D eigenvalue weighted by atomic mass is 79.9. The van der Waals surface area contributed by atoms with Gasteiger partial charge in [0.05, 0.1) is 10.7 Å². The van der Waals surface area contributed by atoms with E-state index in [1.165, 1.54) is 0 Å². The molecule has 5 nitrogen and oxygen atoms in total. The first-order chi connectivity index (χ1) is 14.6. The second-order valence-corrected chi connectivity index (χ2v) is 8.23. The fourth-order valence-electron chi connectivity index (χ4n) is 2.80. The molecule has 30 heavy (non-hydrogen) atoms. The first kappa shape index (κ1) is 20.4. The van der Waals surface area contributed by atoms with E-state index in [1.807, 2.05) is 60.7 Å². The zero-order chi connectivity index (χ0) is 20.9. The van der Waals surface area contributed by atoms with E-state index in [2.05, 4.69) is 42.4 Å². The molecule has 0 radical (unpaired) electrons. The maximum atomic E-state index is 12.3. The zero-order valence-corrected chi connectivity index (χ0v) is 18.8. The molecule has 150 valence electrons. The standard InChI is InChI=1S/C23H16Br2N2O3/c24-18-7-9-20-17(11-18)12-22(30-20)23(28)27-26-13-16-6-8-21(19(25)10-16)29-14-15-4-2-1-3-5-15/h1-13H,14H2,(H,27,28)/b26-13+. The average molecular weight is 528 g/mol. The Kier molecular flexibility index (Phi) is 6.30. The first-order valence-corrected chi connectivity index (χ1v) is 10.7. The van der Waals surface area contributed by atoms with Gasteiger partial charge in [-0.15, -0.1) is 0 Å². The van der Waals surface area contributed by atoms with Crippen molar-refractivity contribution in [3.05, 3.63) is 98.6 Å². The molecule has 0 aliphatic heterocycles. The maximum absolute atomic E-state index is 12.3. The van der Waals surface area contributed by atoms with Gasteiger partial charge in [0.15, 0.2) is 5.76 Å². The highest BCUT2D eigenvalue weighted by Crippen LogP contribution is 2.26. The van der Waals surface area contributed by atoms with Crippen LogP contribution in [-0.2, 0) is 6.61 Å². The zero-order valence-electron chi connectivity index (χ0n) is 15.6. The molecule has 0 spiro atoms. The number of nitrogens with zero attached hydrogens (tertiary/aromatic N) is 1. The summed E-state index contributed by atoms with van der Waals surface area (Å²) >= 11 is 6.91. The number of hydrogen-bond acceptors (Lipinski definition) is 4. The lowest BCUT2D eigenvalue weighted by molar-refractivity contribution is 0.0929. The van der Waals surface area contributed by atoms with Crippen LogP contribution in [0.4, 0.5) is 0 Å². The van der Waals surface area contributed by atoms with Crippen molar-refractivity contribution in [3.8, 4) is 5.75 Å². The fourth-order valence-corrected chi connectivity index (χ4v) is 3.69. The van der Waals surface area contributed by atoms with Gasteiger partial charge in [-0.1, -0.05) is 46.3 Å². The lowest BCUT2D eigenvalue weighted by Crippen LogP contribution is -2.16. The van der Waals surface area contributed by atoms with Crippen molar-refractivity contribution < 1.29 is 13.9 Å². The minimum Gasteiger partial charge on any atom is -0.488 e. The molecule has 1 aromatic heterocycles. The van der Waals surface area contributed by atoms with E-state index in [0.717, 1.165) is 31.2 Å². The van der Waals surface area contributed by atoms with E-state index < -0.39 is 5.91 Å². The SMILES string of the molecule is O=C(N/N=C/c1ccc(OCc2ccccc2)c(Br)c1)c1cc2cc(Br)ccc2o1. The van der Waals surface area contributed by atoms with Crippen molar-refractivity contribution in [1.29, 1.82) is 0 Å². The Morgan fingerprint density at radius 2 is 1.87 bits per heavy atom. The molecule has 4 aromatic rings. The molecule has 1 heterocycles. The first-order valence-electron chi connectivity index (χ1n) is 9.07. The van der Waals surface area contributed by atoms with E-state index in [-0.39, 0.29) is 5.76 Å². The van der Waals surface area contributed by atoms with Gasteiger partial charge in [0.25, 0.3) is 0 Å². The highest BCUT2D eigenvalue weighted by molar-refractivity contribution is 9.10. The molecular formula is C23H16Br2N2O3. The molecule has 0 bridgehead atoms.